The van der Waals surface area contributed by atoms with Crippen LogP contribution in [0.2, 0.25) is 0 Å². The third kappa shape index (κ3) is 3.78. The number of nitrogens with zero attached hydrogens (tertiary/aromatic N) is 3. The first kappa shape index (κ1) is 20.1. The molecule has 1 amide bonds. The van der Waals surface area contributed by atoms with E-state index in [-0.39, 0.29) is 22.8 Å². The van der Waals surface area contributed by atoms with Crippen LogP contribution in [0.1, 0.15) is 29.2 Å². The lowest BCUT2D eigenvalue weighted by Gasteiger charge is -2.24. The number of carbonyl (C=O) groups excluding carboxylic acids is 1. The Hall–Kier alpha value is -3.84. The van der Waals surface area contributed by atoms with E-state index in [0.717, 1.165) is 23.0 Å². The predicted octanol–water partition coefficient (Wildman–Crippen LogP) is 5.56. The fraction of sp³-hybridized carbons (Fsp3) is 0.0800. The molecule has 1 unspecified atom stereocenters. The van der Waals surface area contributed by atoms with Crippen molar-refractivity contribution < 1.29 is 15.0 Å². The topological polar surface area (TPSA) is 85.5 Å². The van der Waals surface area contributed by atoms with Crippen LogP contribution in [0.25, 0.3) is 6.08 Å². The second-order valence-corrected chi connectivity index (χ2v) is 8.40. The van der Waals surface area contributed by atoms with Crippen LogP contribution < -0.4 is 0 Å². The maximum Gasteiger partial charge on any atom is 0.311 e. The highest BCUT2D eigenvalue weighted by atomic mass is 32.2. The van der Waals surface area contributed by atoms with Gasteiger partial charge in [0.15, 0.2) is 5.84 Å². The fourth-order valence-corrected chi connectivity index (χ4v) is 4.57. The van der Waals surface area contributed by atoms with Gasteiger partial charge in [-0.15, -0.1) is 0 Å². The molecule has 0 saturated heterocycles. The van der Waals surface area contributed by atoms with Crippen molar-refractivity contribution in [2.24, 2.45) is 10.1 Å². The number of para-hydroxylation sites is 2. The largest absolute Gasteiger partial charge is 0.508 e. The standard InChI is InChI=1S/C25H19N3O3S/c29-21-12-6-4-10-17(21)14-23-24(26-25(31)32-23)28-20(18-11-5-7-13-22(18)30)15-19(27-28)16-8-2-1-3-9-16/h1-14,20,29-30H,15H2/b23-14-. The predicted molar refractivity (Wildman–Crippen MR) is 127 cm³/mol. The highest BCUT2D eigenvalue weighted by molar-refractivity contribution is 8.18. The van der Waals surface area contributed by atoms with Crippen LogP contribution in [-0.2, 0) is 0 Å². The molecule has 0 aliphatic carbocycles. The highest BCUT2D eigenvalue weighted by Crippen LogP contribution is 2.42. The van der Waals surface area contributed by atoms with Gasteiger partial charge in [-0.25, -0.2) is 5.01 Å². The minimum atomic E-state index is -0.346. The minimum absolute atomic E-state index is 0.117. The molecule has 0 bridgehead atoms. The molecule has 32 heavy (non-hydrogen) atoms. The molecule has 0 radical (unpaired) electrons. The Morgan fingerprint density at radius 2 is 1.59 bits per heavy atom. The number of benzene rings is 3. The van der Waals surface area contributed by atoms with Gasteiger partial charge in [0.2, 0.25) is 0 Å². The molecule has 158 valence electrons. The summed E-state index contributed by atoms with van der Waals surface area (Å²) >= 11 is 0.996. The third-order valence-corrected chi connectivity index (χ3v) is 6.15. The van der Waals surface area contributed by atoms with E-state index in [1.807, 2.05) is 48.5 Å². The zero-order valence-corrected chi connectivity index (χ0v) is 17.7. The summed E-state index contributed by atoms with van der Waals surface area (Å²) in [7, 11) is 0. The van der Waals surface area contributed by atoms with Crippen molar-refractivity contribution in [3.63, 3.8) is 0 Å². The molecule has 0 aromatic heterocycles. The second-order valence-electron chi connectivity index (χ2n) is 7.41. The van der Waals surface area contributed by atoms with Gasteiger partial charge in [-0.2, -0.15) is 10.1 Å². The van der Waals surface area contributed by atoms with Gasteiger partial charge in [-0.3, -0.25) is 4.79 Å². The number of hydrazone groups is 1. The molecule has 2 aliphatic heterocycles. The lowest BCUT2D eigenvalue weighted by molar-refractivity contribution is 0.267. The maximum atomic E-state index is 12.3. The number of aliphatic imine (C=N–C) groups is 1. The van der Waals surface area contributed by atoms with Crippen molar-refractivity contribution >= 4 is 34.6 Å². The Morgan fingerprint density at radius 3 is 2.34 bits per heavy atom. The summed E-state index contributed by atoms with van der Waals surface area (Å²) in [5.74, 6) is 0.685. The molecule has 2 N–H and O–H groups in total. The molecule has 3 aromatic rings. The Morgan fingerprint density at radius 1 is 0.906 bits per heavy atom. The molecule has 7 heteroatoms. The summed E-state index contributed by atoms with van der Waals surface area (Å²) in [5.41, 5.74) is 3.10. The Kier molecular flexibility index (Phi) is 5.25. The molecule has 0 spiro atoms. The lowest BCUT2D eigenvalue weighted by atomic mass is 9.97. The number of rotatable bonds is 3. The summed E-state index contributed by atoms with van der Waals surface area (Å²) < 4.78 is 0. The van der Waals surface area contributed by atoms with Crippen LogP contribution >= 0.6 is 11.8 Å². The molecule has 6 nitrogen and oxygen atoms in total. The smallest absolute Gasteiger partial charge is 0.311 e. The summed E-state index contributed by atoms with van der Waals surface area (Å²) in [6, 6.07) is 23.5. The van der Waals surface area contributed by atoms with Gasteiger partial charge in [0.1, 0.15) is 11.5 Å². The molecule has 0 fully saturated rings. The second kappa shape index (κ2) is 8.36. The van der Waals surface area contributed by atoms with E-state index in [2.05, 4.69) is 4.99 Å². The van der Waals surface area contributed by atoms with Crippen LogP contribution in [0.15, 0.2) is 93.9 Å². The molecule has 2 heterocycles. The SMILES string of the molecule is O=C1N=C(N2N=C(c3ccccc3)CC2c2ccccc2O)/C(=C/c2ccccc2O)S1. The average molecular weight is 442 g/mol. The summed E-state index contributed by atoms with van der Waals surface area (Å²) in [6.45, 7) is 0. The first-order chi connectivity index (χ1) is 15.6. The van der Waals surface area contributed by atoms with Crippen molar-refractivity contribution in [1.29, 1.82) is 0 Å². The van der Waals surface area contributed by atoms with E-state index in [9.17, 15) is 15.0 Å². The van der Waals surface area contributed by atoms with Crippen molar-refractivity contribution in [2.45, 2.75) is 12.5 Å². The van der Waals surface area contributed by atoms with Crippen molar-refractivity contribution in [3.8, 4) is 11.5 Å². The Labute approximate surface area is 189 Å². The zero-order valence-electron chi connectivity index (χ0n) is 16.9. The van der Waals surface area contributed by atoms with Crippen molar-refractivity contribution in [3.05, 3.63) is 100 Å². The van der Waals surface area contributed by atoms with Crippen LogP contribution in [0.4, 0.5) is 4.79 Å². The van der Waals surface area contributed by atoms with Gasteiger partial charge >= 0.3 is 5.24 Å². The Bertz CT molecular complexity index is 1280. The van der Waals surface area contributed by atoms with Crippen LogP contribution in [0, 0.1) is 0 Å². The average Bonchev–Trinajstić information content (AvgIpc) is 3.40. The molecular formula is C25H19N3O3S. The van der Waals surface area contributed by atoms with Gasteiger partial charge in [-0.1, -0.05) is 66.7 Å². The van der Waals surface area contributed by atoms with Crippen LogP contribution in [-0.4, -0.2) is 32.0 Å². The first-order valence-corrected chi connectivity index (χ1v) is 10.9. The number of aromatic hydroxyl groups is 2. The summed E-state index contributed by atoms with van der Waals surface area (Å²) in [5, 5.41) is 26.9. The number of amides is 1. The highest BCUT2D eigenvalue weighted by Gasteiger charge is 2.37. The minimum Gasteiger partial charge on any atom is -0.508 e. The van der Waals surface area contributed by atoms with Crippen molar-refractivity contribution in [2.75, 3.05) is 0 Å². The van der Waals surface area contributed by atoms with E-state index < -0.39 is 0 Å². The lowest BCUT2D eigenvalue weighted by Crippen LogP contribution is -2.26. The van der Waals surface area contributed by atoms with Crippen molar-refractivity contribution in [1.82, 2.24) is 5.01 Å². The van der Waals surface area contributed by atoms with E-state index in [1.165, 1.54) is 0 Å². The molecule has 0 saturated carbocycles. The van der Waals surface area contributed by atoms with Gasteiger partial charge < -0.3 is 10.2 Å². The van der Waals surface area contributed by atoms with Gasteiger partial charge in [0.05, 0.1) is 16.7 Å². The quantitative estimate of drug-likeness (QED) is 0.556. The fourth-order valence-electron chi connectivity index (χ4n) is 3.84. The van der Waals surface area contributed by atoms with E-state index >= 15 is 0 Å². The van der Waals surface area contributed by atoms with Crippen LogP contribution in [0.5, 0.6) is 11.5 Å². The van der Waals surface area contributed by atoms with E-state index in [0.29, 0.717) is 28.3 Å². The molecule has 2 aliphatic rings. The number of thioether (sulfide) groups is 1. The number of hydrogen-bond donors (Lipinski definition) is 2. The number of amidine groups is 1. The summed E-state index contributed by atoms with van der Waals surface area (Å²) in [4.78, 5) is 17.1. The normalized spacial score (nSPS) is 19.4. The van der Waals surface area contributed by atoms with E-state index in [1.54, 1.807) is 41.4 Å². The zero-order chi connectivity index (χ0) is 22.1. The molecule has 5 rings (SSSR count). The number of hydrogen-bond acceptors (Lipinski definition) is 6. The van der Waals surface area contributed by atoms with Crippen LogP contribution in [0.3, 0.4) is 0 Å². The number of phenols is 2. The molecule has 1 atom stereocenters. The molecule has 3 aromatic carbocycles. The van der Waals surface area contributed by atoms with Gasteiger partial charge in [0, 0.05) is 17.5 Å². The number of phenolic OH excluding ortho intramolecular Hbond substituents is 2. The van der Waals surface area contributed by atoms with Gasteiger partial charge in [0.25, 0.3) is 0 Å². The maximum absolute atomic E-state index is 12.3. The first-order valence-electron chi connectivity index (χ1n) is 10.1. The molecular weight excluding hydrogens is 422 g/mol. The Balaban J connectivity index is 1.60. The third-order valence-electron chi connectivity index (χ3n) is 5.37. The number of carbonyl (C=O) groups is 1. The summed E-state index contributed by atoms with van der Waals surface area (Å²) in [6.07, 6.45) is 2.28. The van der Waals surface area contributed by atoms with Gasteiger partial charge in [-0.05, 0) is 35.5 Å². The van der Waals surface area contributed by atoms with E-state index in [4.69, 9.17) is 5.10 Å². The monoisotopic (exact) mass is 441 g/mol.